The van der Waals surface area contributed by atoms with Crippen LogP contribution in [0.1, 0.15) is 54.1 Å². The number of halogens is 1. The molecular formula is C32H32FN5O5. The first kappa shape index (κ1) is 29.6. The van der Waals surface area contributed by atoms with Crippen LogP contribution in [0.25, 0.3) is 4.85 Å². The fourth-order valence-corrected chi connectivity index (χ4v) is 6.02. The van der Waals surface area contributed by atoms with Gasteiger partial charge in [-0.05, 0) is 48.6 Å². The Balaban J connectivity index is 1.42. The predicted molar refractivity (Wildman–Crippen MR) is 154 cm³/mol. The highest BCUT2D eigenvalue weighted by atomic mass is 19.1. The fraction of sp³-hybridized carbons (Fsp3) is 0.375. The Morgan fingerprint density at radius 2 is 1.93 bits per heavy atom. The Kier molecular flexibility index (Phi) is 8.13. The number of anilines is 1. The maximum atomic E-state index is 14.2. The van der Waals surface area contributed by atoms with E-state index >= 15 is 0 Å². The SMILES string of the molecule is [C-]#[N+][C@@H]1C[C@@]2(CN1C(=O)[C@@H](CC(=O)[C@@H](NC(=O)c1cc(C)on1)C(C)C)Cc1ccc(F)cc1)C(=O)Nc1ccccc12. The van der Waals surface area contributed by atoms with Gasteiger partial charge in [-0.2, -0.15) is 0 Å². The lowest BCUT2D eigenvalue weighted by molar-refractivity contribution is -0.139. The van der Waals surface area contributed by atoms with E-state index in [1.807, 2.05) is 12.1 Å². The van der Waals surface area contributed by atoms with Crippen molar-refractivity contribution in [2.75, 3.05) is 11.9 Å². The highest BCUT2D eigenvalue weighted by Gasteiger charge is 2.59. The molecule has 10 nitrogen and oxygen atoms in total. The first-order chi connectivity index (χ1) is 20.5. The molecule has 11 heteroatoms. The van der Waals surface area contributed by atoms with Crippen LogP contribution in [0.4, 0.5) is 10.1 Å². The van der Waals surface area contributed by atoms with E-state index in [2.05, 4.69) is 20.6 Å². The second-order valence-corrected chi connectivity index (χ2v) is 11.6. The van der Waals surface area contributed by atoms with E-state index < -0.39 is 41.2 Å². The number of nitrogens with one attached hydrogen (secondary N) is 2. The van der Waals surface area contributed by atoms with Gasteiger partial charge in [-0.15, -0.1) is 0 Å². The third-order valence-electron chi connectivity index (χ3n) is 8.24. The van der Waals surface area contributed by atoms with Crippen LogP contribution in [0.15, 0.2) is 59.1 Å². The number of para-hydroxylation sites is 1. The van der Waals surface area contributed by atoms with Crippen molar-refractivity contribution in [3.05, 3.63) is 94.4 Å². The molecule has 0 radical (unpaired) electrons. The molecule has 1 fully saturated rings. The zero-order valence-corrected chi connectivity index (χ0v) is 24.1. The van der Waals surface area contributed by atoms with Gasteiger partial charge in [-0.3, -0.25) is 28.9 Å². The molecule has 2 aromatic carbocycles. The lowest BCUT2D eigenvalue weighted by atomic mass is 9.80. The van der Waals surface area contributed by atoms with Gasteiger partial charge < -0.3 is 15.2 Å². The van der Waals surface area contributed by atoms with Gasteiger partial charge in [-0.25, -0.2) is 11.0 Å². The van der Waals surface area contributed by atoms with Gasteiger partial charge in [0.25, 0.3) is 5.91 Å². The molecule has 1 aromatic heterocycles. The number of hydrogen-bond acceptors (Lipinski definition) is 6. The summed E-state index contributed by atoms with van der Waals surface area (Å²) in [5.74, 6) is -2.90. The van der Waals surface area contributed by atoms with E-state index in [1.165, 1.54) is 23.1 Å². The minimum atomic E-state index is -1.07. The normalized spacial score (nSPS) is 20.4. The molecule has 2 aliphatic heterocycles. The van der Waals surface area contributed by atoms with Crippen molar-refractivity contribution in [1.82, 2.24) is 15.4 Å². The monoisotopic (exact) mass is 585 g/mol. The zero-order valence-electron chi connectivity index (χ0n) is 24.1. The molecule has 0 saturated carbocycles. The second kappa shape index (κ2) is 11.8. The molecular weight excluding hydrogens is 553 g/mol. The van der Waals surface area contributed by atoms with Crippen molar-refractivity contribution >= 4 is 29.2 Å². The van der Waals surface area contributed by atoms with Crippen molar-refractivity contribution < 1.29 is 28.1 Å². The average molecular weight is 586 g/mol. The number of Topliss-reactive ketones (excluding diaryl/α,β-unsaturated/α-hetero) is 1. The summed E-state index contributed by atoms with van der Waals surface area (Å²) < 4.78 is 18.6. The van der Waals surface area contributed by atoms with Crippen LogP contribution < -0.4 is 10.6 Å². The van der Waals surface area contributed by atoms with Crippen LogP contribution in [-0.2, 0) is 26.2 Å². The van der Waals surface area contributed by atoms with Crippen LogP contribution in [0, 0.1) is 31.1 Å². The molecule has 222 valence electrons. The van der Waals surface area contributed by atoms with E-state index in [0.717, 1.165) is 5.56 Å². The van der Waals surface area contributed by atoms with E-state index in [9.17, 15) is 23.6 Å². The van der Waals surface area contributed by atoms with Crippen LogP contribution in [0.2, 0.25) is 0 Å². The van der Waals surface area contributed by atoms with Gasteiger partial charge in [0, 0.05) is 30.6 Å². The molecule has 2 N–H and O–H groups in total. The summed E-state index contributed by atoms with van der Waals surface area (Å²) in [5.41, 5.74) is 0.984. The van der Waals surface area contributed by atoms with E-state index in [4.69, 9.17) is 11.1 Å². The highest BCUT2D eigenvalue weighted by molar-refractivity contribution is 6.07. The standard InChI is InChI=1S/C32H32FN5O5/c1-18(2)28(36-29(40)25-13-19(3)43-37-25)26(39)15-21(14-20-9-11-22(33)12-10-20)30(41)38-17-32(16-27(38)34-4)23-7-5-6-8-24(23)35-31(32)42/h5-13,18,21,27-28H,14-17H2,1-3H3,(H,35,42)(H,36,40)/t21-,27+,28+,32+/m1/s1. The van der Waals surface area contributed by atoms with Crippen LogP contribution >= 0.6 is 0 Å². The Labute approximate surface area is 248 Å². The van der Waals surface area contributed by atoms with E-state index in [1.54, 1.807) is 45.0 Å². The first-order valence-electron chi connectivity index (χ1n) is 14.1. The maximum Gasteiger partial charge on any atom is 0.302 e. The van der Waals surface area contributed by atoms with Gasteiger partial charge in [-0.1, -0.05) is 49.3 Å². The number of hydrogen-bond donors (Lipinski definition) is 2. The number of aromatic nitrogens is 1. The summed E-state index contributed by atoms with van der Waals surface area (Å²) in [5, 5.41) is 9.32. The smallest absolute Gasteiger partial charge is 0.302 e. The predicted octanol–water partition coefficient (Wildman–Crippen LogP) is 4.06. The summed E-state index contributed by atoms with van der Waals surface area (Å²) >= 11 is 0. The molecule has 3 heterocycles. The molecule has 5 rings (SSSR count). The van der Waals surface area contributed by atoms with Gasteiger partial charge in [0.2, 0.25) is 11.8 Å². The number of likely N-dealkylation sites (tertiary alicyclic amines) is 1. The van der Waals surface area contributed by atoms with Crippen LogP contribution in [0.5, 0.6) is 0 Å². The minimum Gasteiger partial charge on any atom is -0.361 e. The highest BCUT2D eigenvalue weighted by Crippen LogP contribution is 2.47. The molecule has 4 atom stereocenters. The third-order valence-corrected chi connectivity index (χ3v) is 8.24. The van der Waals surface area contributed by atoms with Crippen molar-refractivity contribution in [1.29, 1.82) is 0 Å². The second-order valence-electron chi connectivity index (χ2n) is 11.6. The molecule has 1 spiro atoms. The van der Waals surface area contributed by atoms with Crippen molar-refractivity contribution in [3.63, 3.8) is 0 Å². The van der Waals surface area contributed by atoms with Gasteiger partial charge in [0.1, 0.15) is 17.0 Å². The molecule has 0 aliphatic carbocycles. The minimum absolute atomic E-state index is 0.00824. The lowest BCUT2D eigenvalue weighted by Gasteiger charge is -2.27. The Morgan fingerprint density at radius 3 is 2.58 bits per heavy atom. The van der Waals surface area contributed by atoms with Gasteiger partial charge in [0.15, 0.2) is 11.5 Å². The fourth-order valence-electron chi connectivity index (χ4n) is 6.02. The number of fused-ring (bicyclic) bond motifs is 2. The average Bonchev–Trinajstić information content (AvgIpc) is 3.67. The summed E-state index contributed by atoms with van der Waals surface area (Å²) in [4.78, 5) is 59.1. The number of rotatable bonds is 9. The number of aryl methyl sites for hydroxylation is 1. The maximum absolute atomic E-state index is 14.2. The number of carbonyl (C=O) groups is 4. The molecule has 0 unspecified atom stereocenters. The zero-order chi connectivity index (χ0) is 30.9. The summed E-state index contributed by atoms with van der Waals surface area (Å²) in [7, 11) is 0. The Hall–Kier alpha value is -4.85. The number of carbonyl (C=O) groups excluding carboxylic acids is 4. The first-order valence-corrected chi connectivity index (χ1v) is 14.1. The van der Waals surface area contributed by atoms with E-state index in [0.29, 0.717) is 17.0 Å². The van der Waals surface area contributed by atoms with Crippen molar-refractivity contribution in [2.24, 2.45) is 11.8 Å². The molecule has 43 heavy (non-hydrogen) atoms. The topological polar surface area (TPSA) is 126 Å². The largest absolute Gasteiger partial charge is 0.361 e. The third kappa shape index (κ3) is 5.78. The summed E-state index contributed by atoms with van der Waals surface area (Å²) in [6.45, 7) is 13.1. The van der Waals surface area contributed by atoms with Gasteiger partial charge in [0.05, 0.1) is 12.5 Å². The Morgan fingerprint density at radius 1 is 1.21 bits per heavy atom. The Bertz CT molecular complexity index is 1610. The molecule has 1 saturated heterocycles. The van der Waals surface area contributed by atoms with Crippen LogP contribution in [-0.4, -0.2) is 52.3 Å². The molecule has 3 amide bonds. The van der Waals surface area contributed by atoms with Crippen molar-refractivity contribution in [2.45, 2.75) is 57.7 Å². The molecule has 2 aliphatic rings. The molecule has 0 bridgehead atoms. The summed E-state index contributed by atoms with van der Waals surface area (Å²) in [6.07, 6.45) is -0.923. The number of benzene rings is 2. The lowest BCUT2D eigenvalue weighted by Crippen LogP contribution is -2.47. The van der Waals surface area contributed by atoms with Gasteiger partial charge >= 0.3 is 6.17 Å². The number of ketones is 1. The van der Waals surface area contributed by atoms with E-state index in [-0.39, 0.29) is 49.1 Å². The number of nitrogens with zero attached hydrogens (tertiary/aromatic N) is 3. The van der Waals surface area contributed by atoms with Crippen molar-refractivity contribution in [3.8, 4) is 0 Å². The van der Waals surface area contributed by atoms with Crippen LogP contribution in [0.3, 0.4) is 0 Å². The quantitative estimate of drug-likeness (QED) is 0.365. The molecule has 3 aromatic rings. The number of amides is 3. The summed E-state index contributed by atoms with van der Waals surface area (Å²) in [6, 6.07) is 13.4.